The molecule has 7 nitrogen and oxygen atoms in total. The summed E-state index contributed by atoms with van der Waals surface area (Å²) in [5.41, 5.74) is 6.06. The number of nitrogens with one attached hydrogen (secondary N) is 2. The normalized spacial score (nSPS) is 18.9. The Balaban J connectivity index is 1.99. The van der Waals surface area contributed by atoms with Crippen LogP contribution in [0, 0.1) is 0 Å². The number of hydrogen-bond donors (Lipinski definition) is 4. The second-order valence-corrected chi connectivity index (χ2v) is 4.99. The van der Waals surface area contributed by atoms with Crippen LogP contribution in [0.5, 0.6) is 5.75 Å². The Morgan fingerprint density at radius 3 is 2.57 bits per heavy atom. The Hall–Kier alpha value is -2.57. The standard InChI is InChI=1S/C14H17N3O4/c15-13(20)11(7-8-1-3-9(18)4-2-8)17-14(21)10-5-6-12(19)16-10/h1-4,10-11,18H,5-7H2,(H2,15,20)(H,16,19)(H,17,21)/t10-,11-/m0/s1. The van der Waals surface area contributed by atoms with E-state index < -0.39 is 23.9 Å². The van der Waals surface area contributed by atoms with E-state index >= 15 is 0 Å². The molecule has 7 heteroatoms. The molecule has 0 spiro atoms. The zero-order valence-corrected chi connectivity index (χ0v) is 11.3. The first kappa shape index (κ1) is 14.8. The van der Waals surface area contributed by atoms with Gasteiger partial charge in [0.15, 0.2) is 0 Å². The minimum absolute atomic E-state index is 0.118. The molecule has 3 amide bonds. The Morgan fingerprint density at radius 1 is 1.38 bits per heavy atom. The van der Waals surface area contributed by atoms with Gasteiger partial charge in [0.2, 0.25) is 17.7 Å². The third-order valence-electron chi connectivity index (χ3n) is 3.35. The average Bonchev–Trinajstić information content (AvgIpc) is 2.87. The maximum absolute atomic E-state index is 12.0. The molecular weight excluding hydrogens is 274 g/mol. The number of primary amides is 1. The molecule has 0 radical (unpaired) electrons. The van der Waals surface area contributed by atoms with Gasteiger partial charge in [-0.05, 0) is 24.1 Å². The van der Waals surface area contributed by atoms with E-state index in [2.05, 4.69) is 10.6 Å². The molecule has 1 aromatic carbocycles. The number of hydrogen-bond acceptors (Lipinski definition) is 4. The third-order valence-corrected chi connectivity index (χ3v) is 3.35. The number of amides is 3. The van der Waals surface area contributed by atoms with Crippen LogP contribution in [0.25, 0.3) is 0 Å². The van der Waals surface area contributed by atoms with Crippen molar-refractivity contribution in [3.05, 3.63) is 29.8 Å². The number of benzene rings is 1. The fraction of sp³-hybridized carbons (Fsp3) is 0.357. The molecule has 2 atom stereocenters. The van der Waals surface area contributed by atoms with Crippen LogP contribution in [0.1, 0.15) is 18.4 Å². The highest BCUT2D eigenvalue weighted by Crippen LogP contribution is 2.12. The number of carbonyl (C=O) groups is 3. The number of carbonyl (C=O) groups excluding carboxylic acids is 3. The second kappa shape index (κ2) is 6.25. The predicted molar refractivity (Wildman–Crippen MR) is 74.1 cm³/mol. The highest BCUT2D eigenvalue weighted by Gasteiger charge is 2.29. The molecular formula is C14H17N3O4. The monoisotopic (exact) mass is 291 g/mol. The number of rotatable bonds is 5. The van der Waals surface area contributed by atoms with Gasteiger partial charge in [0.05, 0.1) is 0 Å². The minimum atomic E-state index is -0.862. The molecule has 1 saturated heterocycles. The SMILES string of the molecule is NC(=O)[C@H](Cc1ccc(O)cc1)NC(=O)[C@@H]1CCC(=O)N1. The molecule has 112 valence electrons. The van der Waals surface area contributed by atoms with Crippen LogP contribution in [0.15, 0.2) is 24.3 Å². The average molecular weight is 291 g/mol. The van der Waals surface area contributed by atoms with E-state index in [0.29, 0.717) is 12.8 Å². The van der Waals surface area contributed by atoms with Gasteiger partial charge in [0, 0.05) is 12.8 Å². The van der Waals surface area contributed by atoms with Gasteiger partial charge in [-0.2, -0.15) is 0 Å². The van der Waals surface area contributed by atoms with Crippen molar-refractivity contribution < 1.29 is 19.5 Å². The van der Waals surface area contributed by atoms with Crippen molar-refractivity contribution in [1.29, 1.82) is 0 Å². The molecule has 21 heavy (non-hydrogen) atoms. The molecule has 0 saturated carbocycles. The van der Waals surface area contributed by atoms with Crippen LogP contribution in [0.4, 0.5) is 0 Å². The minimum Gasteiger partial charge on any atom is -0.508 e. The first-order valence-electron chi connectivity index (χ1n) is 6.62. The summed E-state index contributed by atoms with van der Waals surface area (Å²) in [6, 6.07) is 4.81. The van der Waals surface area contributed by atoms with Crippen molar-refractivity contribution in [2.75, 3.05) is 0 Å². The molecule has 0 unspecified atom stereocenters. The lowest BCUT2D eigenvalue weighted by molar-refractivity contribution is -0.129. The van der Waals surface area contributed by atoms with Crippen LogP contribution in [-0.4, -0.2) is 34.9 Å². The lowest BCUT2D eigenvalue weighted by Gasteiger charge is -2.18. The number of nitrogens with two attached hydrogens (primary N) is 1. The van der Waals surface area contributed by atoms with E-state index in [4.69, 9.17) is 5.73 Å². The van der Waals surface area contributed by atoms with Gasteiger partial charge >= 0.3 is 0 Å². The molecule has 0 aromatic heterocycles. The van der Waals surface area contributed by atoms with Crippen molar-refractivity contribution in [2.45, 2.75) is 31.3 Å². The molecule has 5 N–H and O–H groups in total. The van der Waals surface area contributed by atoms with Crippen molar-refractivity contribution >= 4 is 17.7 Å². The maximum Gasteiger partial charge on any atom is 0.243 e. The van der Waals surface area contributed by atoms with Crippen molar-refractivity contribution in [3.63, 3.8) is 0 Å². The Bertz CT molecular complexity index is 556. The number of phenols is 1. The Kier molecular flexibility index (Phi) is 4.42. The highest BCUT2D eigenvalue weighted by atomic mass is 16.3. The van der Waals surface area contributed by atoms with Crippen LogP contribution < -0.4 is 16.4 Å². The number of aromatic hydroxyl groups is 1. The van der Waals surface area contributed by atoms with Crippen LogP contribution in [-0.2, 0) is 20.8 Å². The van der Waals surface area contributed by atoms with Gasteiger partial charge in [-0.25, -0.2) is 0 Å². The van der Waals surface area contributed by atoms with Crippen LogP contribution >= 0.6 is 0 Å². The van der Waals surface area contributed by atoms with Gasteiger partial charge in [-0.15, -0.1) is 0 Å². The molecule has 0 bridgehead atoms. The van der Waals surface area contributed by atoms with E-state index in [1.807, 2.05) is 0 Å². The summed E-state index contributed by atoms with van der Waals surface area (Å²) in [7, 11) is 0. The van der Waals surface area contributed by atoms with Gasteiger partial charge in [-0.3, -0.25) is 14.4 Å². The lowest BCUT2D eigenvalue weighted by atomic mass is 10.0. The topological polar surface area (TPSA) is 122 Å². The van der Waals surface area contributed by atoms with Crippen LogP contribution in [0.2, 0.25) is 0 Å². The van der Waals surface area contributed by atoms with Gasteiger partial charge in [0.1, 0.15) is 17.8 Å². The van der Waals surface area contributed by atoms with E-state index in [-0.39, 0.29) is 18.1 Å². The third kappa shape index (κ3) is 3.95. The van der Waals surface area contributed by atoms with E-state index in [1.54, 1.807) is 12.1 Å². The lowest BCUT2D eigenvalue weighted by Crippen LogP contribution is -2.51. The quantitative estimate of drug-likeness (QED) is 0.566. The first-order valence-corrected chi connectivity index (χ1v) is 6.62. The zero-order chi connectivity index (χ0) is 15.4. The van der Waals surface area contributed by atoms with Crippen LogP contribution in [0.3, 0.4) is 0 Å². The van der Waals surface area contributed by atoms with Crippen molar-refractivity contribution in [3.8, 4) is 5.75 Å². The molecule has 1 heterocycles. The summed E-state index contributed by atoms with van der Waals surface area (Å²) in [6.45, 7) is 0. The molecule has 1 aliphatic heterocycles. The predicted octanol–water partition coefficient (Wildman–Crippen LogP) is -0.817. The molecule has 2 rings (SSSR count). The van der Waals surface area contributed by atoms with E-state index in [9.17, 15) is 19.5 Å². The molecule has 0 aliphatic carbocycles. The zero-order valence-electron chi connectivity index (χ0n) is 11.3. The summed E-state index contributed by atoms with van der Waals surface area (Å²) in [5, 5.41) is 14.3. The van der Waals surface area contributed by atoms with Crippen molar-refractivity contribution in [1.82, 2.24) is 10.6 Å². The number of phenolic OH excluding ortho intramolecular Hbond substituents is 1. The molecule has 1 fully saturated rings. The highest BCUT2D eigenvalue weighted by molar-refractivity contribution is 5.93. The summed E-state index contributed by atoms with van der Waals surface area (Å²) in [5.74, 6) is -1.12. The fourth-order valence-electron chi connectivity index (χ4n) is 2.17. The molecule has 1 aromatic rings. The van der Waals surface area contributed by atoms with Crippen molar-refractivity contribution in [2.24, 2.45) is 5.73 Å². The Labute approximate surface area is 121 Å². The summed E-state index contributed by atoms with van der Waals surface area (Å²) in [6.07, 6.45) is 0.939. The van der Waals surface area contributed by atoms with Gasteiger partial charge < -0.3 is 21.5 Å². The summed E-state index contributed by atoms with van der Waals surface area (Å²) >= 11 is 0. The maximum atomic E-state index is 12.0. The summed E-state index contributed by atoms with van der Waals surface area (Å²) in [4.78, 5) is 34.5. The van der Waals surface area contributed by atoms with E-state index in [1.165, 1.54) is 12.1 Å². The van der Waals surface area contributed by atoms with Gasteiger partial charge in [-0.1, -0.05) is 12.1 Å². The smallest absolute Gasteiger partial charge is 0.243 e. The summed E-state index contributed by atoms with van der Waals surface area (Å²) < 4.78 is 0. The Morgan fingerprint density at radius 2 is 2.05 bits per heavy atom. The van der Waals surface area contributed by atoms with E-state index in [0.717, 1.165) is 5.56 Å². The largest absolute Gasteiger partial charge is 0.508 e. The van der Waals surface area contributed by atoms with Gasteiger partial charge in [0.25, 0.3) is 0 Å². The fourth-order valence-corrected chi connectivity index (χ4v) is 2.17. The first-order chi connectivity index (χ1) is 9.95. The second-order valence-electron chi connectivity index (χ2n) is 4.99. The molecule has 1 aliphatic rings.